The number of hydrogen-bond acceptors (Lipinski definition) is 4. The zero-order chi connectivity index (χ0) is 15.6. The van der Waals surface area contributed by atoms with Gasteiger partial charge in [-0.1, -0.05) is 20.8 Å². The van der Waals surface area contributed by atoms with E-state index in [1.807, 2.05) is 0 Å². The average Bonchev–Trinajstić information content (AvgIpc) is 2.35. The summed E-state index contributed by atoms with van der Waals surface area (Å²) >= 11 is 0. The minimum atomic E-state index is -3.89. The molecule has 0 aromatic heterocycles. The highest BCUT2D eigenvalue weighted by Crippen LogP contribution is 2.19. The van der Waals surface area contributed by atoms with Gasteiger partial charge in [-0.2, -0.15) is 5.26 Å². The van der Waals surface area contributed by atoms with Crippen molar-refractivity contribution < 1.29 is 17.9 Å². The molecule has 0 fully saturated rings. The van der Waals surface area contributed by atoms with Crippen molar-refractivity contribution in [1.82, 2.24) is 4.72 Å². The quantitative estimate of drug-likeness (QED) is 0.879. The molecule has 1 aromatic carbocycles. The largest absolute Gasteiger partial charge is 0.391 e. The molecule has 0 aliphatic rings. The van der Waals surface area contributed by atoms with Crippen molar-refractivity contribution in [3.63, 3.8) is 0 Å². The van der Waals surface area contributed by atoms with Crippen LogP contribution < -0.4 is 4.72 Å². The molecule has 1 aromatic rings. The van der Waals surface area contributed by atoms with E-state index in [2.05, 4.69) is 4.72 Å². The fraction of sp³-hybridized carbons (Fsp3) is 0.462. The van der Waals surface area contributed by atoms with Crippen LogP contribution >= 0.6 is 0 Å². The molecule has 2 N–H and O–H groups in total. The predicted octanol–water partition coefficient (Wildman–Crippen LogP) is 1.38. The van der Waals surface area contributed by atoms with Gasteiger partial charge in [0, 0.05) is 6.54 Å². The number of nitriles is 1. The van der Waals surface area contributed by atoms with E-state index in [1.165, 1.54) is 0 Å². The normalized spacial score (nSPS) is 13.8. The second-order valence-electron chi connectivity index (χ2n) is 5.49. The van der Waals surface area contributed by atoms with Gasteiger partial charge in [0.2, 0.25) is 10.0 Å². The molecule has 0 amide bonds. The van der Waals surface area contributed by atoms with Crippen molar-refractivity contribution in [3.8, 4) is 6.07 Å². The Labute approximate surface area is 118 Å². The maximum atomic E-state index is 13.2. The molecule has 1 rings (SSSR count). The zero-order valence-corrected chi connectivity index (χ0v) is 12.3. The van der Waals surface area contributed by atoms with Crippen LogP contribution in [-0.2, 0) is 10.0 Å². The fourth-order valence-corrected chi connectivity index (χ4v) is 2.40. The fourth-order valence-electron chi connectivity index (χ4n) is 1.34. The summed E-state index contributed by atoms with van der Waals surface area (Å²) in [5, 5.41) is 18.5. The average molecular weight is 300 g/mol. The number of sulfonamides is 1. The molecule has 0 spiro atoms. The third-order valence-corrected chi connectivity index (χ3v) is 4.26. The van der Waals surface area contributed by atoms with Crippen molar-refractivity contribution in [1.29, 1.82) is 5.26 Å². The Kier molecular flexibility index (Phi) is 4.86. The van der Waals surface area contributed by atoms with Crippen molar-refractivity contribution in [2.45, 2.75) is 31.8 Å². The second kappa shape index (κ2) is 5.87. The van der Waals surface area contributed by atoms with E-state index < -0.39 is 27.4 Å². The van der Waals surface area contributed by atoms with Gasteiger partial charge in [-0.15, -0.1) is 0 Å². The first kappa shape index (κ1) is 16.6. The van der Waals surface area contributed by atoms with Gasteiger partial charge in [-0.25, -0.2) is 17.5 Å². The van der Waals surface area contributed by atoms with Crippen LogP contribution in [0.25, 0.3) is 0 Å². The van der Waals surface area contributed by atoms with Gasteiger partial charge in [0.25, 0.3) is 0 Å². The van der Waals surface area contributed by atoms with Gasteiger partial charge in [0.05, 0.1) is 16.6 Å². The van der Waals surface area contributed by atoms with E-state index in [9.17, 15) is 17.9 Å². The summed E-state index contributed by atoms with van der Waals surface area (Å²) in [5.74, 6) is -0.777. The highest BCUT2D eigenvalue weighted by atomic mass is 32.2. The Balaban J connectivity index is 2.93. The van der Waals surface area contributed by atoms with Crippen molar-refractivity contribution in [2.75, 3.05) is 6.54 Å². The monoisotopic (exact) mass is 300 g/mol. The number of nitrogens with one attached hydrogen (secondary N) is 1. The van der Waals surface area contributed by atoms with E-state index in [1.54, 1.807) is 26.8 Å². The van der Waals surface area contributed by atoms with Crippen molar-refractivity contribution >= 4 is 10.0 Å². The van der Waals surface area contributed by atoms with Gasteiger partial charge in [-0.3, -0.25) is 0 Å². The summed E-state index contributed by atoms with van der Waals surface area (Å²) in [6, 6.07) is 4.54. The molecule has 0 radical (unpaired) electrons. The molecule has 0 saturated carbocycles. The third kappa shape index (κ3) is 4.00. The molecule has 1 unspecified atom stereocenters. The highest BCUT2D eigenvalue weighted by molar-refractivity contribution is 7.89. The molecular weight excluding hydrogens is 283 g/mol. The Morgan fingerprint density at radius 1 is 1.45 bits per heavy atom. The van der Waals surface area contributed by atoms with E-state index in [0.29, 0.717) is 0 Å². The summed E-state index contributed by atoms with van der Waals surface area (Å²) in [6.07, 6.45) is -0.867. The molecule has 0 aliphatic heterocycles. The molecule has 0 heterocycles. The molecular formula is C13H17FN2O3S. The molecule has 0 saturated heterocycles. The molecule has 20 heavy (non-hydrogen) atoms. The topological polar surface area (TPSA) is 90.2 Å². The van der Waals surface area contributed by atoms with E-state index in [0.717, 1.165) is 18.2 Å². The smallest absolute Gasteiger partial charge is 0.240 e. The van der Waals surface area contributed by atoms with Crippen LogP contribution in [0.2, 0.25) is 0 Å². The van der Waals surface area contributed by atoms with E-state index in [-0.39, 0.29) is 17.0 Å². The molecule has 1 atom stereocenters. The first-order valence-electron chi connectivity index (χ1n) is 5.95. The number of aliphatic hydroxyl groups excluding tert-OH is 1. The Morgan fingerprint density at radius 2 is 2.05 bits per heavy atom. The third-order valence-electron chi connectivity index (χ3n) is 2.83. The predicted molar refractivity (Wildman–Crippen MR) is 71.8 cm³/mol. The van der Waals surface area contributed by atoms with Gasteiger partial charge < -0.3 is 5.11 Å². The van der Waals surface area contributed by atoms with Crippen LogP contribution in [0.1, 0.15) is 26.3 Å². The Hall–Kier alpha value is -1.49. The molecule has 0 aliphatic carbocycles. The van der Waals surface area contributed by atoms with E-state index in [4.69, 9.17) is 5.26 Å². The van der Waals surface area contributed by atoms with Crippen molar-refractivity contribution in [3.05, 3.63) is 29.6 Å². The van der Waals surface area contributed by atoms with Gasteiger partial charge in [-0.05, 0) is 23.6 Å². The Bertz CT molecular complexity index is 630. The molecule has 5 nitrogen and oxygen atoms in total. The van der Waals surface area contributed by atoms with Crippen LogP contribution in [0.5, 0.6) is 0 Å². The number of benzene rings is 1. The summed E-state index contributed by atoms with van der Waals surface area (Å²) < 4.78 is 39.4. The minimum absolute atomic E-state index is 0.162. The number of hydrogen-bond donors (Lipinski definition) is 2. The highest BCUT2D eigenvalue weighted by Gasteiger charge is 2.24. The maximum absolute atomic E-state index is 13.2. The summed E-state index contributed by atoms with van der Waals surface area (Å²) in [6.45, 7) is 5.16. The van der Waals surface area contributed by atoms with Gasteiger partial charge >= 0.3 is 0 Å². The van der Waals surface area contributed by atoms with Crippen molar-refractivity contribution in [2.24, 2.45) is 5.41 Å². The lowest BCUT2D eigenvalue weighted by Crippen LogP contribution is -2.39. The molecule has 7 heteroatoms. The molecule has 110 valence electrons. The lowest BCUT2D eigenvalue weighted by Gasteiger charge is -2.25. The van der Waals surface area contributed by atoms with Gasteiger partial charge in [0.1, 0.15) is 11.9 Å². The first-order chi connectivity index (χ1) is 9.08. The summed E-state index contributed by atoms with van der Waals surface area (Å²) in [5.41, 5.74) is -0.812. The number of rotatable bonds is 4. The Morgan fingerprint density at radius 3 is 2.55 bits per heavy atom. The molecule has 0 bridgehead atoms. The zero-order valence-electron chi connectivity index (χ0n) is 11.5. The first-order valence-corrected chi connectivity index (χ1v) is 7.43. The van der Waals surface area contributed by atoms with Crippen LogP contribution in [0.15, 0.2) is 23.1 Å². The van der Waals surface area contributed by atoms with Crippen LogP contribution in [-0.4, -0.2) is 26.2 Å². The summed E-state index contributed by atoms with van der Waals surface area (Å²) in [4.78, 5) is -0.212. The summed E-state index contributed by atoms with van der Waals surface area (Å²) in [7, 11) is -3.89. The number of halogens is 1. The maximum Gasteiger partial charge on any atom is 0.240 e. The second-order valence-corrected chi connectivity index (χ2v) is 7.25. The SMILES string of the molecule is CC(C)(C)C(O)CNS(=O)(=O)c1ccc(F)c(C#N)c1. The standard InChI is InChI=1S/C13H17FN2O3S/c1-13(2,3)12(17)8-16-20(18,19)10-4-5-11(14)9(6-10)7-15/h4-6,12,16-17H,8H2,1-3H3. The van der Waals surface area contributed by atoms with Crippen LogP contribution in [0, 0.1) is 22.6 Å². The lowest BCUT2D eigenvalue weighted by atomic mass is 9.89. The number of nitrogens with zero attached hydrogens (tertiary/aromatic N) is 1. The number of aliphatic hydroxyl groups is 1. The lowest BCUT2D eigenvalue weighted by molar-refractivity contribution is 0.0677. The van der Waals surface area contributed by atoms with Crippen LogP contribution in [0.4, 0.5) is 4.39 Å². The van der Waals surface area contributed by atoms with Crippen LogP contribution in [0.3, 0.4) is 0 Å². The van der Waals surface area contributed by atoms with E-state index >= 15 is 0 Å². The van der Waals surface area contributed by atoms with Gasteiger partial charge in [0.15, 0.2) is 0 Å². The minimum Gasteiger partial charge on any atom is -0.391 e.